The van der Waals surface area contributed by atoms with Crippen molar-refractivity contribution in [2.24, 2.45) is 0 Å². The quantitative estimate of drug-likeness (QED) is 0.176. The van der Waals surface area contributed by atoms with Crippen molar-refractivity contribution in [2.75, 3.05) is 26.2 Å². The Balaban J connectivity index is 0.000000251. The molecule has 0 aliphatic carbocycles. The molecule has 4 heterocycles. The fourth-order valence-electron chi connectivity index (χ4n) is 7.28. The maximum absolute atomic E-state index is 12.9. The molecule has 4 aromatic rings. The van der Waals surface area contributed by atoms with Crippen molar-refractivity contribution in [1.29, 1.82) is 0 Å². The minimum atomic E-state index is -4.80. The number of amides is 2. The van der Waals surface area contributed by atoms with E-state index in [2.05, 4.69) is 9.47 Å². The number of benzene rings is 2. The van der Waals surface area contributed by atoms with Gasteiger partial charge in [0.1, 0.15) is 32.7 Å². The van der Waals surface area contributed by atoms with Crippen LogP contribution in [0.15, 0.2) is 41.8 Å². The molecule has 0 bridgehead atoms. The van der Waals surface area contributed by atoms with Gasteiger partial charge in [0, 0.05) is 54.5 Å². The number of rotatable bonds is 6. The van der Waals surface area contributed by atoms with Gasteiger partial charge in [0.25, 0.3) is 0 Å². The van der Waals surface area contributed by atoms with Crippen LogP contribution in [0.2, 0.25) is 4.34 Å². The van der Waals surface area contributed by atoms with E-state index in [0.29, 0.717) is 71.4 Å². The smallest absolute Gasteiger partial charge is 0.444 e. The second kappa shape index (κ2) is 20.4. The van der Waals surface area contributed by atoms with E-state index < -0.39 is 29.3 Å². The second-order valence-corrected chi connectivity index (χ2v) is 23.3. The first kappa shape index (κ1) is 53.7. The van der Waals surface area contributed by atoms with Gasteiger partial charge < -0.3 is 28.7 Å². The van der Waals surface area contributed by atoms with Gasteiger partial charge in [-0.15, -0.1) is 49.0 Å². The van der Waals surface area contributed by atoms with Crippen LogP contribution >= 0.6 is 34.3 Å². The summed E-state index contributed by atoms with van der Waals surface area (Å²) in [5.41, 5.74) is 1.71. The topological polar surface area (TPSA) is 103 Å². The molecule has 0 N–H and O–H groups in total. The van der Waals surface area contributed by atoms with Gasteiger partial charge in [-0.3, -0.25) is 0 Å². The van der Waals surface area contributed by atoms with Crippen LogP contribution in [0.25, 0.3) is 22.5 Å². The highest BCUT2D eigenvalue weighted by atomic mass is 35.5. The van der Waals surface area contributed by atoms with E-state index in [9.17, 15) is 35.9 Å². The lowest BCUT2D eigenvalue weighted by Crippen LogP contribution is -2.41. The van der Waals surface area contributed by atoms with Gasteiger partial charge >= 0.3 is 24.9 Å². The number of carbonyl (C=O) groups excluding carboxylic acids is 2. The molecule has 0 radical (unpaired) electrons. The lowest BCUT2D eigenvalue weighted by molar-refractivity contribution is -0.275. The molecular weight excluding hydrogens is 942 g/mol. The van der Waals surface area contributed by atoms with Crippen LogP contribution in [-0.4, -0.2) is 82.1 Å². The van der Waals surface area contributed by atoms with Crippen LogP contribution < -0.4 is 9.47 Å². The van der Waals surface area contributed by atoms with Gasteiger partial charge in [-0.05, 0) is 126 Å². The zero-order chi connectivity index (χ0) is 50.1. The van der Waals surface area contributed by atoms with E-state index in [0.717, 1.165) is 28.4 Å². The second-order valence-electron chi connectivity index (χ2n) is 20.8. The molecule has 0 atom stereocenters. The number of thiazole rings is 2. The lowest BCUT2D eigenvalue weighted by atomic mass is 9.85. The first-order chi connectivity index (χ1) is 30.6. The molecule has 2 aromatic carbocycles. The first-order valence-corrected chi connectivity index (χ1v) is 24.1. The Bertz CT molecular complexity index is 2340. The van der Waals surface area contributed by atoms with E-state index >= 15 is 0 Å². The molecule has 2 aliphatic heterocycles. The van der Waals surface area contributed by atoms with E-state index in [4.69, 9.17) is 31.0 Å². The summed E-state index contributed by atoms with van der Waals surface area (Å²) < 4.78 is 97.0. The highest BCUT2D eigenvalue weighted by Crippen LogP contribution is 2.43. The number of piperidine rings is 2. The van der Waals surface area contributed by atoms with Crippen LogP contribution in [0.3, 0.4) is 0 Å². The first-order valence-electron chi connectivity index (χ1n) is 22.0. The van der Waals surface area contributed by atoms with Gasteiger partial charge in [-0.25, -0.2) is 19.6 Å². The zero-order valence-corrected chi connectivity index (χ0v) is 42.4. The molecule has 370 valence electrons. The minimum Gasteiger partial charge on any atom is -0.444 e. The van der Waals surface area contributed by atoms with Crippen LogP contribution in [-0.2, 0) is 20.3 Å². The molecule has 0 saturated carbocycles. The molecule has 2 saturated heterocycles. The Hall–Kier alpha value is -4.29. The van der Waals surface area contributed by atoms with E-state index in [1.807, 2.05) is 94.5 Å². The number of aromatic nitrogens is 2. The predicted molar refractivity (Wildman–Crippen MR) is 250 cm³/mol. The number of hydrogen-bond acceptors (Lipinski definition) is 10. The summed E-state index contributed by atoms with van der Waals surface area (Å²) in [4.78, 5) is 37.5. The predicted octanol–water partition coefficient (Wildman–Crippen LogP) is 14.9. The summed E-state index contributed by atoms with van der Waals surface area (Å²) in [6, 6.07) is 9.19. The highest BCUT2D eigenvalue weighted by molar-refractivity contribution is 7.16. The third kappa shape index (κ3) is 16.2. The van der Waals surface area contributed by atoms with Crippen molar-refractivity contribution >= 4 is 46.5 Å². The highest BCUT2D eigenvalue weighted by Gasteiger charge is 2.35. The monoisotopic (exact) mass is 1000 g/mol. The number of carbonyl (C=O) groups is 2. The van der Waals surface area contributed by atoms with E-state index in [-0.39, 0.29) is 40.9 Å². The lowest BCUT2D eigenvalue weighted by Gasteiger charge is -2.32. The average molecular weight is 1000 g/mol. The Labute approximate surface area is 402 Å². The van der Waals surface area contributed by atoms with Crippen LogP contribution in [0.4, 0.5) is 35.9 Å². The Kier molecular flexibility index (Phi) is 16.3. The van der Waals surface area contributed by atoms with Crippen molar-refractivity contribution in [1.82, 2.24) is 19.8 Å². The summed E-state index contributed by atoms with van der Waals surface area (Å²) in [6.07, 6.45) is -7.28. The molecule has 67 heavy (non-hydrogen) atoms. The molecule has 2 aromatic heterocycles. The summed E-state index contributed by atoms with van der Waals surface area (Å²) in [5, 5.41) is 3.60. The van der Waals surface area contributed by atoms with Crippen molar-refractivity contribution in [3.8, 4) is 34.0 Å². The third-order valence-corrected chi connectivity index (χ3v) is 13.1. The number of ether oxygens (including phenoxy) is 4. The molecule has 2 aliphatic rings. The molecule has 2 amide bonds. The molecule has 6 rings (SSSR count). The van der Waals surface area contributed by atoms with E-state index in [1.165, 1.54) is 46.9 Å². The molecular formula is C48H61ClF6N4O6S2. The number of likely N-dealkylation sites (tertiary alicyclic amines) is 2. The van der Waals surface area contributed by atoms with Crippen molar-refractivity contribution in [3.05, 3.63) is 67.3 Å². The third-order valence-electron chi connectivity index (χ3n) is 10.7. The maximum Gasteiger partial charge on any atom is 0.573 e. The van der Waals surface area contributed by atoms with Gasteiger partial charge in [0.05, 0.1) is 15.7 Å². The largest absolute Gasteiger partial charge is 0.573 e. The zero-order valence-electron chi connectivity index (χ0n) is 40.1. The fraction of sp³-hybridized carbons (Fsp3) is 0.583. The standard InChI is InChI=1S/C24H30ClF3N2O3S.C24H31F3N2O3S/c1-22(2,3)16-11-15(12-17(13-16)32-24(26,27)28)18-19(25)34-20(29-18)14-7-9-30(10-8-14)21(31)33-23(4,5)6;1-22(2,3)17-11-16(12-18(13-17)31-24(25,26)27)19-14-33-20(28-19)15-7-9-29(10-8-15)21(30)32-23(4,5)6/h11-14H,7-10H2,1-6H3;11-15H,7-10H2,1-6H3. The summed E-state index contributed by atoms with van der Waals surface area (Å²) in [6.45, 7) is 24.8. The summed E-state index contributed by atoms with van der Waals surface area (Å²) in [5.74, 6) is -0.248. The fourth-order valence-corrected chi connectivity index (χ4v) is 9.65. The normalized spacial score (nSPS) is 16.0. The van der Waals surface area contributed by atoms with E-state index in [1.54, 1.807) is 15.9 Å². The molecule has 19 heteroatoms. The van der Waals surface area contributed by atoms with Crippen molar-refractivity contribution in [2.45, 2.75) is 155 Å². The minimum absolute atomic E-state index is 0.103. The number of halogens is 7. The van der Waals surface area contributed by atoms with Crippen LogP contribution in [0.5, 0.6) is 11.5 Å². The van der Waals surface area contributed by atoms with Gasteiger partial charge in [-0.2, -0.15) is 0 Å². The average Bonchev–Trinajstić information content (AvgIpc) is 3.82. The van der Waals surface area contributed by atoms with Crippen LogP contribution in [0.1, 0.15) is 142 Å². The Morgan fingerprint density at radius 3 is 1.40 bits per heavy atom. The van der Waals surface area contributed by atoms with Crippen molar-refractivity contribution in [3.63, 3.8) is 0 Å². The molecule has 0 unspecified atom stereocenters. The number of nitrogens with zero attached hydrogens (tertiary/aromatic N) is 4. The Morgan fingerprint density at radius 2 is 1.00 bits per heavy atom. The number of hydrogen-bond donors (Lipinski definition) is 0. The van der Waals surface area contributed by atoms with Gasteiger partial charge in [0.15, 0.2) is 0 Å². The molecule has 2 fully saturated rings. The van der Waals surface area contributed by atoms with Gasteiger partial charge in [-0.1, -0.05) is 53.1 Å². The summed E-state index contributed by atoms with van der Waals surface area (Å²) >= 11 is 9.33. The van der Waals surface area contributed by atoms with Crippen LogP contribution in [0, 0.1) is 0 Å². The Morgan fingerprint density at radius 1 is 0.597 bits per heavy atom. The SMILES string of the molecule is CC(C)(C)OC(=O)N1CCC(c2nc(-c3cc(OC(F)(F)F)cc(C(C)(C)C)c3)c(Cl)s2)CC1.CC(C)(C)OC(=O)N1CCC(c2nc(-c3cc(OC(F)(F)F)cc(C(C)(C)C)c3)cs2)CC1. The maximum atomic E-state index is 12.9. The summed E-state index contributed by atoms with van der Waals surface area (Å²) in [7, 11) is 0. The van der Waals surface area contributed by atoms with Gasteiger partial charge in [0.2, 0.25) is 0 Å². The molecule has 0 spiro atoms. The molecule has 10 nitrogen and oxygen atoms in total. The van der Waals surface area contributed by atoms with Crippen molar-refractivity contribution < 1.29 is 54.9 Å². The number of alkyl halides is 6.